The van der Waals surface area contributed by atoms with Crippen molar-refractivity contribution in [1.29, 1.82) is 0 Å². The fourth-order valence-corrected chi connectivity index (χ4v) is 6.19. The minimum atomic E-state index is -0.927. The molecule has 29 heavy (non-hydrogen) atoms. The number of ether oxygens (including phenoxy) is 1. The van der Waals surface area contributed by atoms with Gasteiger partial charge in [-0.3, -0.25) is 9.59 Å². The Morgan fingerprint density at radius 2 is 1.90 bits per heavy atom. The molecular weight excluding hydrogens is 390 g/mol. The summed E-state index contributed by atoms with van der Waals surface area (Å²) in [7, 11) is 0. The number of hydrogen-bond acceptors (Lipinski definition) is 5. The summed E-state index contributed by atoms with van der Waals surface area (Å²) in [6.07, 6.45) is 8.90. The Bertz CT molecular complexity index is 873. The van der Waals surface area contributed by atoms with E-state index in [-0.39, 0.29) is 23.8 Å². The quantitative estimate of drug-likeness (QED) is 0.538. The summed E-state index contributed by atoms with van der Waals surface area (Å²) in [5.41, 5.74) is 1.47. The number of thiophene rings is 1. The van der Waals surface area contributed by atoms with E-state index < -0.39 is 23.8 Å². The lowest BCUT2D eigenvalue weighted by Crippen LogP contribution is -2.36. The van der Waals surface area contributed by atoms with E-state index >= 15 is 0 Å². The number of allylic oxidation sites excluding steroid dienone is 2. The van der Waals surface area contributed by atoms with Crippen LogP contribution in [0.25, 0.3) is 0 Å². The molecule has 0 radical (unpaired) electrons. The van der Waals surface area contributed by atoms with Crippen molar-refractivity contribution in [3.8, 4) is 0 Å². The molecule has 0 saturated heterocycles. The second-order valence-corrected chi connectivity index (χ2v) is 9.47. The van der Waals surface area contributed by atoms with Crippen LogP contribution in [-0.4, -0.2) is 29.1 Å². The third-order valence-electron chi connectivity index (χ3n) is 6.54. The Balaban J connectivity index is 1.62. The maximum absolute atomic E-state index is 13.1. The molecule has 1 amide bonds. The minimum Gasteiger partial charge on any atom is -0.481 e. The average molecular weight is 418 g/mol. The Kier molecular flexibility index (Phi) is 5.51. The first kappa shape index (κ1) is 20.1. The topological polar surface area (TPSA) is 92.7 Å². The van der Waals surface area contributed by atoms with Gasteiger partial charge in [-0.05, 0) is 62.8 Å². The van der Waals surface area contributed by atoms with Crippen molar-refractivity contribution in [2.75, 3.05) is 5.32 Å². The van der Waals surface area contributed by atoms with E-state index in [2.05, 4.69) is 5.32 Å². The van der Waals surface area contributed by atoms with Crippen LogP contribution < -0.4 is 5.32 Å². The van der Waals surface area contributed by atoms with Gasteiger partial charge in [-0.2, -0.15) is 0 Å². The molecule has 3 aliphatic rings. The molecule has 0 aliphatic heterocycles. The van der Waals surface area contributed by atoms with E-state index in [4.69, 9.17) is 4.74 Å². The SMILES string of the molecule is CC[C@H](C)OC(=O)c1c(NC(=O)[C@H]2[C@@H](C(=O)O)[C@H]3C=C[C@H]2C3)sc2c1CCCC2. The Morgan fingerprint density at radius 1 is 1.21 bits per heavy atom. The van der Waals surface area contributed by atoms with Gasteiger partial charge in [-0.25, -0.2) is 4.79 Å². The van der Waals surface area contributed by atoms with E-state index in [0.717, 1.165) is 42.5 Å². The monoisotopic (exact) mass is 417 g/mol. The molecule has 0 unspecified atom stereocenters. The highest BCUT2D eigenvalue weighted by Crippen LogP contribution is 2.49. The molecule has 3 aliphatic carbocycles. The smallest absolute Gasteiger partial charge is 0.341 e. The third-order valence-corrected chi connectivity index (χ3v) is 7.75. The predicted octanol–water partition coefficient (Wildman–Crippen LogP) is 4.04. The van der Waals surface area contributed by atoms with Gasteiger partial charge in [0, 0.05) is 4.88 Å². The van der Waals surface area contributed by atoms with Crippen LogP contribution in [0.2, 0.25) is 0 Å². The molecule has 1 aromatic heterocycles. The summed E-state index contributed by atoms with van der Waals surface area (Å²) in [5, 5.41) is 13.1. The molecule has 1 fully saturated rings. The Labute approximate surface area is 174 Å². The molecule has 1 saturated carbocycles. The van der Waals surface area contributed by atoms with Crippen molar-refractivity contribution >= 4 is 34.2 Å². The van der Waals surface area contributed by atoms with Crippen molar-refractivity contribution in [2.45, 2.75) is 58.5 Å². The number of aliphatic carboxylic acids is 1. The largest absolute Gasteiger partial charge is 0.481 e. The number of amides is 1. The number of aryl methyl sites for hydroxylation is 1. The number of rotatable bonds is 6. The van der Waals surface area contributed by atoms with Crippen LogP contribution in [0.4, 0.5) is 5.00 Å². The molecule has 0 aromatic carbocycles. The zero-order valence-electron chi connectivity index (χ0n) is 16.8. The summed E-state index contributed by atoms with van der Waals surface area (Å²) in [6, 6.07) is 0. The number of hydrogen-bond donors (Lipinski definition) is 2. The number of carboxylic acid groups (broad SMARTS) is 1. The zero-order chi connectivity index (χ0) is 20.7. The summed E-state index contributed by atoms with van der Waals surface area (Å²) in [6.45, 7) is 3.81. The van der Waals surface area contributed by atoms with Gasteiger partial charge in [0.25, 0.3) is 0 Å². The fourth-order valence-electron chi connectivity index (χ4n) is 4.91. The van der Waals surface area contributed by atoms with Crippen molar-refractivity contribution in [1.82, 2.24) is 0 Å². The maximum atomic E-state index is 13.1. The first-order chi connectivity index (χ1) is 13.9. The predicted molar refractivity (Wildman–Crippen MR) is 110 cm³/mol. The number of nitrogens with one attached hydrogen (secondary N) is 1. The van der Waals surface area contributed by atoms with Gasteiger partial charge in [0.05, 0.1) is 23.5 Å². The Morgan fingerprint density at radius 3 is 2.59 bits per heavy atom. The molecule has 7 heteroatoms. The number of fused-ring (bicyclic) bond motifs is 3. The standard InChI is InChI=1S/C22H27NO5S/c1-3-11(2)28-22(27)18-14-6-4-5-7-15(14)29-20(18)23-19(24)16-12-8-9-13(10-12)17(16)21(25)26/h8-9,11-13,16-17H,3-7,10H2,1-2H3,(H,23,24)(H,25,26)/t11-,12-,13-,16+,17-/m0/s1. The second kappa shape index (κ2) is 7.94. The summed E-state index contributed by atoms with van der Waals surface area (Å²) < 4.78 is 5.58. The van der Waals surface area contributed by atoms with Gasteiger partial charge >= 0.3 is 11.9 Å². The van der Waals surface area contributed by atoms with E-state index in [9.17, 15) is 19.5 Å². The van der Waals surface area contributed by atoms with Gasteiger partial charge in [0.15, 0.2) is 0 Å². The molecule has 2 bridgehead atoms. The Hall–Kier alpha value is -2.15. The highest BCUT2D eigenvalue weighted by molar-refractivity contribution is 7.17. The van der Waals surface area contributed by atoms with E-state index in [1.54, 1.807) is 0 Å². The highest BCUT2D eigenvalue weighted by Gasteiger charge is 2.51. The van der Waals surface area contributed by atoms with Crippen molar-refractivity contribution in [3.05, 3.63) is 28.2 Å². The average Bonchev–Trinajstić information content (AvgIpc) is 3.39. The lowest BCUT2D eigenvalue weighted by Gasteiger charge is -2.23. The van der Waals surface area contributed by atoms with Crippen molar-refractivity contribution < 1.29 is 24.2 Å². The maximum Gasteiger partial charge on any atom is 0.341 e. The summed E-state index contributed by atoms with van der Waals surface area (Å²) in [5.74, 6) is -3.05. The van der Waals surface area contributed by atoms with Crippen LogP contribution in [-0.2, 0) is 27.2 Å². The fraction of sp³-hybridized carbons (Fsp3) is 0.591. The van der Waals surface area contributed by atoms with Crippen LogP contribution in [0.15, 0.2) is 12.2 Å². The molecule has 6 nitrogen and oxygen atoms in total. The first-order valence-corrected chi connectivity index (χ1v) is 11.3. The number of esters is 1. The summed E-state index contributed by atoms with van der Waals surface area (Å²) in [4.78, 5) is 38.9. The van der Waals surface area contributed by atoms with Gasteiger partial charge in [0.2, 0.25) is 5.91 Å². The molecule has 2 N–H and O–H groups in total. The van der Waals surface area contributed by atoms with E-state index in [1.165, 1.54) is 11.3 Å². The summed E-state index contributed by atoms with van der Waals surface area (Å²) >= 11 is 1.44. The molecule has 4 rings (SSSR count). The highest BCUT2D eigenvalue weighted by atomic mass is 32.1. The van der Waals surface area contributed by atoms with Crippen LogP contribution >= 0.6 is 11.3 Å². The number of carboxylic acids is 1. The van der Waals surface area contributed by atoms with Crippen molar-refractivity contribution in [2.24, 2.45) is 23.7 Å². The van der Waals surface area contributed by atoms with Crippen LogP contribution in [0, 0.1) is 23.7 Å². The van der Waals surface area contributed by atoms with Gasteiger partial charge < -0.3 is 15.2 Å². The van der Waals surface area contributed by atoms with Crippen LogP contribution in [0.3, 0.4) is 0 Å². The number of carbonyl (C=O) groups excluding carboxylic acids is 2. The van der Waals surface area contributed by atoms with Gasteiger partial charge in [-0.15, -0.1) is 11.3 Å². The minimum absolute atomic E-state index is 0.0498. The molecule has 0 spiro atoms. The van der Waals surface area contributed by atoms with E-state index in [0.29, 0.717) is 17.0 Å². The van der Waals surface area contributed by atoms with Crippen molar-refractivity contribution in [3.63, 3.8) is 0 Å². The molecule has 1 heterocycles. The van der Waals surface area contributed by atoms with Gasteiger partial charge in [-0.1, -0.05) is 19.1 Å². The second-order valence-electron chi connectivity index (χ2n) is 8.37. The molecule has 5 atom stereocenters. The number of carbonyl (C=O) groups is 3. The lowest BCUT2D eigenvalue weighted by molar-refractivity contribution is -0.146. The molecule has 1 aromatic rings. The molecule has 156 valence electrons. The van der Waals surface area contributed by atoms with E-state index in [1.807, 2.05) is 26.0 Å². The first-order valence-electron chi connectivity index (χ1n) is 10.5. The third kappa shape index (κ3) is 3.61. The zero-order valence-corrected chi connectivity index (χ0v) is 17.6. The van der Waals surface area contributed by atoms with Crippen LogP contribution in [0.5, 0.6) is 0 Å². The van der Waals surface area contributed by atoms with Crippen LogP contribution in [0.1, 0.15) is 60.3 Å². The van der Waals surface area contributed by atoms with Gasteiger partial charge in [0.1, 0.15) is 5.00 Å². The normalized spacial score (nSPS) is 28.1. The lowest BCUT2D eigenvalue weighted by atomic mass is 9.82. The molecular formula is C22H27NO5S. The number of anilines is 1.